The van der Waals surface area contributed by atoms with Gasteiger partial charge in [0.05, 0.1) is 22.6 Å². The Bertz CT molecular complexity index is 460. The number of rotatable bonds is 6. The highest BCUT2D eigenvalue weighted by atomic mass is 35.5. The molecule has 0 aliphatic heterocycles. The van der Waals surface area contributed by atoms with Gasteiger partial charge in [-0.05, 0) is 18.0 Å². The van der Waals surface area contributed by atoms with Gasteiger partial charge in [0.25, 0.3) is 5.69 Å². The number of nitro groups is 1. The lowest BCUT2D eigenvalue weighted by Gasteiger charge is -2.06. The number of hydrogen-bond acceptors (Lipinski definition) is 4. The van der Waals surface area contributed by atoms with Crippen molar-refractivity contribution in [2.24, 2.45) is 5.11 Å². The van der Waals surface area contributed by atoms with Crippen molar-refractivity contribution in [2.75, 3.05) is 13.2 Å². The molecule has 0 aliphatic rings. The zero-order valence-corrected chi connectivity index (χ0v) is 9.50. The van der Waals surface area contributed by atoms with E-state index in [-0.39, 0.29) is 18.0 Å². The lowest BCUT2D eigenvalue weighted by molar-refractivity contribution is -0.384. The molecule has 1 aromatic rings. The van der Waals surface area contributed by atoms with E-state index in [1.165, 1.54) is 18.2 Å². The van der Waals surface area contributed by atoms with E-state index >= 15 is 0 Å². The predicted octanol–water partition coefficient (Wildman–Crippen LogP) is 3.33. The minimum Gasteiger partial charge on any atom is -0.492 e. The van der Waals surface area contributed by atoms with E-state index in [2.05, 4.69) is 10.0 Å². The van der Waals surface area contributed by atoms with E-state index in [0.717, 1.165) is 0 Å². The van der Waals surface area contributed by atoms with Gasteiger partial charge in [0, 0.05) is 17.5 Å². The maximum absolute atomic E-state index is 10.5. The Morgan fingerprint density at radius 1 is 1.59 bits per heavy atom. The van der Waals surface area contributed by atoms with Crippen LogP contribution >= 0.6 is 11.6 Å². The summed E-state index contributed by atoms with van der Waals surface area (Å²) in [6, 6.07) is 3.97. The summed E-state index contributed by atoms with van der Waals surface area (Å²) in [5.41, 5.74) is 7.96. The van der Waals surface area contributed by atoms with Gasteiger partial charge in [-0.25, -0.2) is 0 Å². The Balaban J connectivity index is 2.60. The fourth-order valence-electron chi connectivity index (χ4n) is 1.08. The molecule has 0 amide bonds. The number of benzene rings is 1. The summed E-state index contributed by atoms with van der Waals surface area (Å²) in [4.78, 5) is 12.6. The van der Waals surface area contributed by atoms with Gasteiger partial charge >= 0.3 is 0 Å². The summed E-state index contributed by atoms with van der Waals surface area (Å²) in [7, 11) is 0. The Kier molecular flexibility index (Phi) is 5.06. The molecule has 7 nitrogen and oxygen atoms in total. The van der Waals surface area contributed by atoms with Crippen LogP contribution in [-0.2, 0) is 0 Å². The summed E-state index contributed by atoms with van der Waals surface area (Å²) in [6.45, 7) is 0.586. The van der Waals surface area contributed by atoms with Gasteiger partial charge in [0.15, 0.2) is 0 Å². The van der Waals surface area contributed by atoms with Gasteiger partial charge in [-0.2, -0.15) is 0 Å². The second kappa shape index (κ2) is 6.57. The van der Waals surface area contributed by atoms with E-state index in [4.69, 9.17) is 21.9 Å². The zero-order valence-electron chi connectivity index (χ0n) is 8.74. The summed E-state index contributed by atoms with van der Waals surface area (Å²) in [5.74, 6) is 0.252. The molecule has 90 valence electrons. The zero-order chi connectivity index (χ0) is 12.7. The smallest absolute Gasteiger partial charge is 0.273 e. The topological polar surface area (TPSA) is 101 Å². The molecule has 8 heteroatoms. The molecule has 0 fully saturated rings. The van der Waals surface area contributed by atoms with Crippen molar-refractivity contribution in [3.8, 4) is 5.75 Å². The van der Waals surface area contributed by atoms with Gasteiger partial charge in [-0.15, -0.1) is 0 Å². The maximum Gasteiger partial charge on any atom is 0.273 e. The van der Waals surface area contributed by atoms with Crippen molar-refractivity contribution in [3.05, 3.63) is 43.8 Å². The van der Waals surface area contributed by atoms with Crippen LogP contribution in [0.3, 0.4) is 0 Å². The van der Waals surface area contributed by atoms with Crippen LogP contribution in [0.15, 0.2) is 23.3 Å². The van der Waals surface area contributed by atoms with E-state index in [0.29, 0.717) is 18.0 Å². The van der Waals surface area contributed by atoms with Crippen molar-refractivity contribution >= 4 is 17.3 Å². The molecule has 0 bridgehead atoms. The average Bonchev–Trinajstić information content (AvgIpc) is 2.30. The van der Waals surface area contributed by atoms with Gasteiger partial charge in [-0.3, -0.25) is 10.1 Å². The van der Waals surface area contributed by atoms with Crippen LogP contribution in [0.5, 0.6) is 5.75 Å². The Hall–Kier alpha value is -1.98. The number of hydrogen-bond donors (Lipinski definition) is 0. The highest BCUT2D eigenvalue weighted by molar-refractivity contribution is 6.32. The molecule has 0 aromatic heterocycles. The molecule has 0 aliphatic carbocycles. The molecule has 0 unspecified atom stereocenters. The molecule has 0 atom stereocenters. The first-order valence-electron chi connectivity index (χ1n) is 4.72. The number of halogens is 1. The SMILES string of the molecule is [N-]=[N+]=NCCCOc1cc([N+](=O)[O-])ccc1Cl. The number of ether oxygens (including phenoxy) is 1. The van der Waals surface area contributed by atoms with Gasteiger partial charge in [0.2, 0.25) is 0 Å². The summed E-state index contributed by atoms with van der Waals surface area (Å²) < 4.78 is 5.25. The monoisotopic (exact) mass is 256 g/mol. The number of non-ortho nitro benzene ring substituents is 1. The second-order valence-electron chi connectivity index (χ2n) is 3.03. The molecular formula is C9H9ClN4O3. The molecule has 0 saturated carbocycles. The van der Waals surface area contributed by atoms with Gasteiger partial charge in [0.1, 0.15) is 5.75 Å². The minimum absolute atomic E-state index is 0.0838. The molecule has 1 aromatic carbocycles. The molecule has 0 heterocycles. The van der Waals surface area contributed by atoms with E-state index in [1.54, 1.807) is 0 Å². The van der Waals surface area contributed by atoms with Crippen LogP contribution in [-0.4, -0.2) is 18.1 Å². The van der Waals surface area contributed by atoms with Crippen LogP contribution < -0.4 is 4.74 Å². The fourth-order valence-corrected chi connectivity index (χ4v) is 1.25. The first-order valence-corrected chi connectivity index (χ1v) is 5.10. The second-order valence-corrected chi connectivity index (χ2v) is 3.44. The van der Waals surface area contributed by atoms with Crippen molar-refractivity contribution in [1.82, 2.24) is 0 Å². The molecular weight excluding hydrogens is 248 g/mol. The lowest BCUT2D eigenvalue weighted by atomic mass is 10.3. The fraction of sp³-hybridized carbons (Fsp3) is 0.333. The minimum atomic E-state index is -0.525. The van der Waals surface area contributed by atoms with Crippen molar-refractivity contribution in [3.63, 3.8) is 0 Å². The van der Waals surface area contributed by atoms with Crippen LogP contribution in [0.25, 0.3) is 10.4 Å². The molecule has 0 saturated heterocycles. The first kappa shape index (κ1) is 13.1. The standard InChI is InChI=1S/C9H9ClN4O3/c10-8-3-2-7(14(15)16)6-9(8)17-5-1-4-12-13-11/h2-3,6H,1,4-5H2. The van der Waals surface area contributed by atoms with Crippen LogP contribution in [0.1, 0.15) is 6.42 Å². The molecule has 0 N–H and O–H groups in total. The lowest BCUT2D eigenvalue weighted by Crippen LogP contribution is -2.00. The summed E-state index contributed by atoms with van der Waals surface area (Å²) >= 11 is 5.81. The van der Waals surface area contributed by atoms with Crippen LogP contribution in [0, 0.1) is 10.1 Å². The average molecular weight is 257 g/mol. The predicted molar refractivity (Wildman–Crippen MR) is 62.2 cm³/mol. The molecule has 17 heavy (non-hydrogen) atoms. The van der Waals surface area contributed by atoms with Crippen molar-refractivity contribution in [2.45, 2.75) is 6.42 Å². The first-order chi connectivity index (χ1) is 8.15. The largest absolute Gasteiger partial charge is 0.492 e. The number of nitrogens with zero attached hydrogens (tertiary/aromatic N) is 4. The number of azide groups is 1. The quantitative estimate of drug-likeness (QED) is 0.195. The molecule has 0 spiro atoms. The Morgan fingerprint density at radius 3 is 3.00 bits per heavy atom. The highest BCUT2D eigenvalue weighted by Crippen LogP contribution is 2.28. The third-order valence-electron chi connectivity index (χ3n) is 1.85. The molecule has 1 rings (SSSR count). The van der Waals surface area contributed by atoms with E-state index < -0.39 is 4.92 Å². The van der Waals surface area contributed by atoms with E-state index in [1.807, 2.05) is 0 Å². The summed E-state index contributed by atoms with van der Waals surface area (Å²) in [5, 5.41) is 14.2. The third kappa shape index (κ3) is 4.18. The van der Waals surface area contributed by atoms with Crippen LogP contribution in [0.4, 0.5) is 5.69 Å². The van der Waals surface area contributed by atoms with Crippen LogP contribution in [0.2, 0.25) is 5.02 Å². The van der Waals surface area contributed by atoms with Crippen molar-refractivity contribution < 1.29 is 9.66 Å². The third-order valence-corrected chi connectivity index (χ3v) is 2.16. The van der Waals surface area contributed by atoms with Gasteiger partial charge in [-0.1, -0.05) is 16.7 Å². The molecule has 0 radical (unpaired) electrons. The normalized spacial score (nSPS) is 9.47. The van der Waals surface area contributed by atoms with Crippen molar-refractivity contribution in [1.29, 1.82) is 0 Å². The summed E-state index contributed by atoms with van der Waals surface area (Å²) in [6.07, 6.45) is 0.517. The highest BCUT2D eigenvalue weighted by Gasteiger charge is 2.10. The number of nitro benzene ring substituents is 1. The Labute approximate surface area is 102 Å². The maximum atomic E-state index is 10.5. The Morgan fingerprint density at radius 2 is 2.35 bits per heavy atom. The van der Waals surface area contributed by atoms with E-state index in [9.17, 15) is 10.1 Å². The van der Waals surface area contributed by atoms with Gasteiger partial charge < -0.3 is 4.74 Å².